The molecule has 0 bridgehead atoms. The Balaban J connectivity index is 1.70. The van der Waals surface area contributed by atoms with Gasteiger partial charge in [0.15, 0.2) is 0 Å². The largest absolute Gasteiger partial charge is 0.497 e. The molecule has 0 aromatic heterocycles. The number of fused-ring (bicyclic) bond motifs is 2. The van der Waals surface area contributed by atoms with E-state index >= 15 is 0 Å². The number of amides is 1. The number of nitrogens with one attached hydrogen (secondary N) is 2. The van der Waals surface area contributed by atoms with Crippen molar-refractivity contribution in [3.05, 3.63) is 71.8 Å². The summed E-state index contributed by atoms with van der Waals surface area (Å²) in [6, 6.07) is 18.9. The fraction of sp³-hybridized carbons (Fsp3) is 0.130. The van der Waals surface area contributed by atoms with E-state index in [0.717, 1.165) is 28.1 Å². The minimum Gasteiger partial charge on any atom is -0.497 e. The van der Waals surface area contributed by atoms with E-state index in [1.807, 2.05) is 48.5 Å². The van der Waals surface area contributed by atoms with E-state index in [1.165, 1.54) is 7.11 Å². The summed E-state index contributed by atoms with van der Waals surface area (Å²) in [4.78, 5) is 24.3. The zero-order valence-electron chi connectivity index (χ0n) is 16.1. The van der Waals surface area contributed by atoms with Crippen molar-refractivity contribution < 1.29 is 19.1 Å². The zero-order valence-corrected chi connectivity index (χ0v) is 16.1. The third-order valence-corrected chi connectivity index (χ3v) is 4.84. The van der Waals surface area contributed by atoms with Crippen molar-refractivity contribution in [1.29, 1.82) is 0 Å². The van der Waals surface area contributed by atoms with Crippen molar-refractivity contribution in [3.63, 3.8) is 0 Å². The molecular weight excluding hydrogens is 368 g/mol. The van der Waals surface area contributed by atoms with Crippen LogP contribution < -0.4 is 15.4 Å². The molecule has 0 atom stereocenters. The van der Waals surface area contributed by atoms with Gasteiger partial charge in [0.05, 0.1) is 43.3 Å². The predicted molar refractivity (Wildman–Crippen MR) is 112 cm³/mol. The molecule has 4 rings (SSSR count). The van der Waals surface area contributed by atoms with E-state index in [2.05, 4.69) is 10.6 Å². The number of esters is 1. The fourth-order valence-corrected chi connectivity index (χ4v) is 3.32. The van der Waals surface area contributed by atoms with Crippen molar-refractivity contribution in [3.8, 4) is 16.9 Å². The van der Waals surface area contributed by atoms with Crippen LogP contribution in [-0.4, -0.2) is 26.1 Å². The molecule has 0 aliphatic carbocycles. The molecule has 1 amide bonds. The lowest BCUT2D eigenvalue weighted by Crippen LogP contribution is -2.11. The van der Waals surface area contributed by atoms with Crippen molar-refractivity contribution in [1.82, 2.24) is 0 Å². The van der Waals surface area contributed by atoms with Crippen LogP contribution in [0.5, 0.6) is 5.75 Å². The van der Waals surface area contributed by atoms with Gasteiger partial charge >= 0.3 is 5.97 Å². The molecule has 146 valence electrons. The highest BCUT2D eigenvalue weighted by Crippen LogP contribution is 2.35. The number of hydrogen-bond donors (Lipinski definition) is 2. The van der Waals surface area contributed by atoms with Gasteiger partial charge in [0.25, 0.3) is 5.91 Å². The predicted octanol–water partition coefficient (Wildman–Crippen LogP) is 4.39. The Morgan fingerprint density at radius 1 is 0.862 bits per heavy atom. The Morgan fingerprint density at radius 2 is 1.69 bits per heavy atom. The third-order valence-electron chi connectivity index (χ3n) is 4.84. The van der Waals surface area contributed by atoms with Crippen molar-refractivity contribution >= 4 is 28.9 Å². The van der Waals surface area contributed by atoms with Crippen LogP contribution in [0, 0.1) is 0 Å². The summed E-state index contributed by atoms with van der Waals surface area (Å²) in [5.74, 6) is 0.231. The molecule has 0 saturated heterocycles. The Bertz CT molecular complexity index is 1110. The summed E-state index contributed by atoms with van der Waals surface area (Å²) in [5.41, 5.74) is 5.36. The third kappa shape index (κ3) is 3.78. The van der Waals surface area contributed by atoms with E-state index in [-0.39, 0.29) is 18.3 Å². The van der Waals surface area contributed by atoms with Crippen LogP contribution in [0.4, 0.5) is 17.1 Å². The van der Waals surface area contributed by atoms with E-state index < -0.39 is 0 Å². The molecule has 0 saturated carbocycles. The van der Waals surface area contributed by atoms with Gasteiger partial charge in [-0.05, 0) is 53.1 Å². The summed E-state index contributed by atoms with van der Waals surface area (Å²) in [7, 11) is 2.99. The van der Waals surface area contributed by atoms with Crippen molar-refractivity contribution in [2.24, 2.45) is 0 Å². The van der Waals surface area contributed by atoms with Crippen LogP contribution in [0.2, 0.25) is 0 Å². The molecule has 0 unspecified atom stereocenters. The zero-order chi connectivity index (χ0) is 20.4. The summed E-state index contributed by atoms with van der Waals surface area (Å²) in [5, 5.41) is 6.25. The molecule has 0 radical (unpaired) electrons. The van der Waals surface area contributed by atoms with Crippen molar-refractivity contribution in [2.45, 2.75) is 6.42 Å². The molecule has 0 fully saturated rings. The summed E-state index contributed by atoms with van der Waals surface area (Å²) in [6.45, 7) is 0. The Labute approximate surface area is 168 Å². The minimum atomic E-state index is -0.330. The first-order valence-electron chi connectivity index (χ1n) is 9.14. The van der Waals surface area contributed by atoms with Crippen LogP contribution in [0.25, 0.3) is 11.1 Å². The molecule has 6 heteroatoms. The van der Waals surface area contributed by atoms with Gasteiger partial charge in [-0.25, -0.2) is 0 Å². The Hall–Kier alpha value is -3.80. The van der Waals surface area contributed by atoms with Crippen LogP contribution >= 0.6 is 0 Å². The first-order chi connectivity index (χ1) is 14.1. The second-order valence-corrected chi connectivity index (χ2v) is 6.70. The quantitative estimate of drug-likeness (QED) is 0.649. The van der Waals surface area contributed by atoms with Gasteiger partial charge in [0.1, 0.15) is 5.75 Å². The van der Waals surface area contributed by atoms with Gasteiger partial charge in [-0.1, -0.05) is 24.3 Å². The van der Waals surface area contributed by atoms with Crippen LogP contribution in [0.3, 0.4) is 0 Å². The van der Waals surface area contributed by atoms with Crippen LogP contribution in [0.15, 0.2) is 60.7 Å². The number of hydrogen-bond acceptors (Lipinski definition) is 5. The van der Waals surface area contributed by atoms with Gasteiger partial charge < -0.3 is 20.1 Å². The Kier molecular flexibility index (Phi) is 4.91. The average Bonchev–Trinajstić information content (AvgIpc) is 2.88. The number of methoxy groups -OCH3 is 2. The number of carbonyl (C=O) groups excluding carboxylic acids is 2. The topological polar surface area (TPSA) is 76.7 Å². The molecule has 3 aromatic carbocycles. The maximum Gasteiger partial charge on any atom is 0.309 e. The second kappa shape index (κ2) is 7.67. The standard InChI is InChI=1S/C23H20N2O4/c1-28-17-5-3-4-15(12-17)16-7-8-18-20(13-16)24-19-9-6-14(11-22(26)29-2)10-21(19)25-23(18)27/h3-10,12-13,24H,11H2,1-2H3,(H,25,27). The van der Waals surface area contributed by atoms with E-state index in [0.29, 0.717) is 16.9 Å². The highest BCUT2D eigenvalue weighted by molar-refractivity contribution is 6.12. The highest BCUT2D eigenvalue weighted by atomic mass is 16.5. The molecule has 29 heavy (non-hydrogen) atoms. The SMILES string of the molecule is COC(=O)Cc1ccc2c(c1)NC(=O)c1ccc(-c3cccc(OC)c3)cc1N2. The smallest absolute Gasteiger partial charge is 0.309 e. The number of anilines is 3. The molecule has 1 heterocycles. The van der Waals surface area contributed by atoms with E-state index in [9.17, 15) is 9.59 Å². The lowest BCUT2D eigenvalue weighted by molar-refractivity contribution is -0.139. The highest BCUT2D eigenvalue weighted by Gasteiger charge is 2.20. The van der Waals surface area contributed by atoms with Gasteiger partial charge in [0, 0.05) is 0 Å². The lowest BCUT2D eigenvalue weighted by atomic mass is 10.0. The summed E-state index contributed by atoms with van der Waals surface area (Å²) in [6.07, 6.45) is 0.145. The van der Waals surface area contributed by atoms with Gasteiger partial charge in [0.2, 0.25) is 0 Å². The summed E-state index contributed by atoms with van der Waals surface area (Å²) < 4.78 is 10.0. The molecule has 2 N–H and O–H groups in total. The van der Waals surface area contributed by atoms with E-state index in [1.54, 1.807) is 19.2 Å². The van der Waals surface area contributed by atoms with Gasteiger partial charge in [-0.3, -0.25) is 9.59 Å². The number of carbonyl (C=O) groups is 2. The minimum absolute atomic E-state index is 0.145. The first-order valence-corrected chi connectivity index (χ1v) is 9.14. The molecule has 3 aromatic rings. The lowest BCUT2D eigenvalue weighted by Gasteiger charge is -2.12. The number of ether oxygens (including phenoxy) is 2. The number of benzene rings is 3. The number of rotatable bonds is 4. The molecule has 6 nitrogen and oxygen atoms in total. The monoisotopic (exact) mass is 388 g/mol. The van der Waals surface area contributed by atoms with E-state index in [4.69, 9.17) is 9.47 Å². The fourth-order valence-electron chi connectivity index (χ4n) is 3.32. The molecule has 0 spiro atoms. The molecule has 1 aliphatic heterocycles. The average molecular weight is 388 g/mol. The van der Waals surface area contributed by atoms with Crippen LogP contribution in [0.1, 0.15) is 15.9 Å². The van der Waals surface area contributed by atoms with Crippen molar-refractivity contribution in [2.75, 3.05) is 24.9 Å². The first kappa shape index (κ1) is 18.6. The maximum absolute atomic E-state index is 12.7. The molecular formula is C23H20N2O4. The maximum atomic E-state index is 12.7. The van der Waals surface area contributed by atoms with Gasteiger partial charge in [-0.2, -0.15) is 0 Å². The van der Waals surface area contributed by atoms with Gasteiger partial charge in [-0.15, -0.1) is 0 Å². The second-order valence-electron chi connectivity index (χ2n) is 6.70. The van der Waals surface area contributed by atoms with Crippen LogP contribution in [-0.2, 0) is 16.0 Å². The normalized spacial score (nSPS) is 12.0. The Morgan fingerprint density at radius 3 is 2.48 bits per heavy atom. The molecule has 1 aliphatic rings. The summed E-state index contributed by atoms with van der Waals surface area (Å²) >= 11 is 0.